The molecule has 0 saturated carbocycles. The number of hydrogen-bond acceptors (Lipinski definition) is 5. The Hall–Kier alpha value is -0.200. The van der Waals surface area contributed by atoms with Crippen LogP contribution in [0.5, 0.6) is 0 Å². The molecule has 0 spiro atoms. The highest BCUT2D eigenvalue weighted by atomic mass is 16.7. The average molecular weight is 247 g/mol. The fraction of sp³-hybridized carbons (Fsp3) is 1.00. The minimum atomic E-state index is -0.200. The van der Waals surface area contributed by atoms with E-state index in [9.17, 15) is 0 Å². The molecule has 0 aliphatic heterocycles. The highest BCUT2D eigenvalue weighted by Crippen LogP contribution is 2.05. The van der Waals surface area contributed by atoms with Crippen molar-refractivity contribution in [3.63, 3.8) is 0 Å². The van der Waals surface area contributed by atoms with Crippen LogP contribution >= 0.6 is 0 Å². The molecule has 5 heteroatoms. The van der Waals surface area contributed by atoms with Crippen molar-refractivity contribution in [2.45, 2.75) is 78.9 Å². The fourth-order valence-electron chi connectivity index (χ4n) is 0.973. The molecule has 0 aromatic heterocycles. The first-order valence-corrected chi connectivity index (χ1v) is 6.13. The molecule has 0 heterocycles. The van der Waals surface area contributed by atoms with Gasteiger partial charge in [0.05, 0.1) is 23.5 Å². The molecule has 0 amide bonds. The standard InChI is InChI=1S/C12H29N3O2/c1-9(14-16-11(3,4)5)13-10(2)15-17-12(6,7)8/h9-10,13-15H,1-8H3. The fourth-order valence-corrected chi connectivity index (χ4v) is 0.973. The number of hydroxylamine groups is 2. The average Bonchev–Trinajstić information content (AvgIpc) is 2.09. The second-order valence-corrected chi connectivity index (χ2v) is 6.27. The van der Waals surface area contributed by atoms with Crippen molar-refractivity contribution in [3.8, 4) is 0 Å². The summed E-state index contributed by atoms with van der Waals surface area (Å²) in [6.45, 7) is 16.0. The second-order valence-electron chi connectivity index (χ2n) is 6.27. The molecule has 5 nitrogen and oxygen atoms in total. The van der Waals surface area contributed by atoms with E-state index in [0.29, 0.717) is 0 Å². The normalized spacial score (nSPS) is 16.9. The molecule has 0 saturated heterocycles. The molecular weight excluding hydrogens is 218 g/mol. The molecule has 3 N–H and O–H groups in total. The minimum Gasteiger partial charge on any atom is -0.295 e. The monoisotopic (exact) mass is 247 g/mol. The van der Waals surface area contributed by atoms with E-state index in [2.05, 4.69) is 16.3 Å². The summed E-state index contributed by atoms with van der Waals surface area (Å²) < 4.78 is 0. The first-order valence-electron chi connectivity index (χ1n) is 6.13. The van der Waals surface area contributed by atoms with Crippen LogP contribution in [0.2, 0.25) is 0 Å². The quantitative estimate of drug-likeness (QED) is 0.494. The second kappa shape index (κ2) is 6.66. The van der Waals surface area contributed by atoms with Gasteiger partial charge in [0.2, 0.25) is 0 Å². The third-order valence-electron chi connectivity index (χ3n) is 1.58. The van der Waals surface area contributed by atoms with Crippen molar-refractivity contribution in [3.05, 3.63) is 0 Å². The summed E-state index contributed by atoms with van der Waals surface area (Å²) in [5.74, 6) is 0. The van der Waals surface area contributed by atoms with Crippen LogP contribution in [0, 0.1) is 0 Å². The molecule has 0 bridgehead atoms. The molecule has 17 heavy (non-hydrogen) atoms. The van der Waals surface area contributed by atoms with E-state index in [-0.39, 0.29) is 23.5 Å². The van der Waals surface area contributed by atoms with Gasteiger partial charge in [-0.2, -0.15) is 11.0 Å². The largest absolute Gasteiger partial charge is 0.295 e. The van der Waals surface area contributed by atoms with Gasteiger partial charge in [0.25, 0.3) is 0 Å². The Labute approximate surface area is 106 Å². The van der Waals surface area contributed by atoms with Gasteiger partial charge in [-0.3, -0.25) is 15.0 Å². The zero-order chi connectivity index (χ0) is 13.7. The van der Waals surface area contributed by atoms with Gasteiger partial charge < -0.3 is 0 Å². The summed E-state index contributed by atoms with van der Waals surface area (Å²) >= 11 is 0. The molecule has 0 radical (unpaired) electrons. The number of rotatable bonds is 6. The van der Waals surface area contributed by atoms with Crippen LogP contribution in [-0.2, 0) is 9.68 Å². The summed E-state index contributed by atoms with van der Waals surface area (Å²) in [6.07, 6.45) is 0.0561. The Bertz CT molecular complexity index is 187. The van der Waals surface area contributed by atoms with Crippen LogP contribution < -0.4 is 16.3 Å². The van der Waals surface area contributed by atoms with Gasteiger partial charge in [0, 0.05) is 0 Å². The van der Waals surface area contributed by atoms with E-state index in [1.807, 2.05) is 55.4 Å². The maximum atomic E-state index is 5.46. The zero-order valence-electron chi connectivity index (χ0n) is 12.5. The van der Waals surface area contributed by atoms with Crippen molar-refractivity contribution in [1.29, 1.82) is 0 Å². The highest BCUT2D eigenvalue weighted by Gasteiger charge is 2.15. The molecule has 0 aromatic carbocycles. The van der Waals surface area contributed by atoms with Gasteiger partial charge in [0.15, 0.2) is 0 Å². The van der Waals surface area contributed by atoms with Crippen molar-refractivity contribution < 1.29 is 9.68 Å². The van der Waals surface area contributed by atoms with E-state index >= 15 is 0 Å². The van der Waals surface area contributed by atoms with E-state index in [1.54, 1.807) is 0 Å². The first kappa shape index (κ1) is 16.8. The summed E-state index contributed by atoms with van der Waals surface area (Å²) in [7, 11) is 0. The molecule has 0 fully saturated rings. The van der Waals surface area contributed by atoms with Crippen LogP contribution in [0.15, 0.2) is 0 Å². The lowest BCUT2D eigenvalue weighted by Gasteiger charge is -2.28. The van der Waals surface area contributed by atoms with Crippen LogP contribution in [0.1, 0.15) is 55.4 Å². The van der Waals surface area contributed by atoms with Gasteiger partial charge in [-0.05, 0) is 55.4 Å². The third-order valence-corrected chi connectivity index (χ3v) is 1.58. The molecule has 2 atom stereocenters. The Morgan fingerprint density at radius 2 is 1.00 bits per heavy atom. The maximum absolute atomic E-state index is 5.46. The molecule has 0 aliphatic rings. The molecule has 0 rings (SSSR count). The van der Waals surface area contributed by atoms with Crippen molar-refractivity contribution in [2.75, 3.05) is 0 Å². The van der Waals surface area contributed by atoms with Gasteiger partial charge in [-0.1, -0.05) is 0 Å². The Balaban J connectivity index is 3.77. The van der Waals surface area contributed by atoms with E-state index in [1.165, 1.54) is 0 Å². The molecule has 0 aromatic rings. The van der Waals surface area contributed by atoms with E-state index < -0.39 is 0 Å². The minimum absolute atomic E-state index is 0.0280. The molecule has 0 aliphatic carbocycles. The van der Waals surface area contributed by atoms with Crippen molar-refractivity contribution in [2.24, 2.45) is 0 Å². The lowest BCUT2D eigenvalue weighted by atomic mass is 10.2. The SMILES string of the molecule is CC(NOC(C)(C)C)NC(C)NOC(C)(C)C. The van der Waals surface area contributed by atoms with E-state index in [0.717, 1.165) is 0 Å². The summed E-state index contributed by atoms with van der Waals surface area (Å²) in [4.78, 5) is 10.9. The topological polar surface area (TPSA) is 54.5 Å². The van der Waals surface area contributed by atoms with Crippen LogP contribution in [0.25, 0.3) is 0 Å². The Morgan fingerprint density at radius 3 is 1.24 bits per heavy atom. The summed E-state index contributed by atoms with van der Waals surface area (Å²) in [6, 6.07) is 0. The van der Waals surface area contributed by atoms with Crippen LogP contribution in [0.3, 0.4) is 0 Å². The number of nitrogens with one attached hydrogen (secondary N) is 3. The number of hydrogen-bond donors (Lipinski definition) is 3. The third kappa shape index (κ3) is 12.1. The van der Waals surface area contributed by atoms with E-state index in [4.69, 9.17) is 9.68 Å². The Kier molecular flexibility index (Phi) is 6.58. The maximum Gasteiger partial charge on any atom is 0.0813 e. The van der Waals surface area contributed by atoms with Gasteiger partial charge >= 0.3 is 0 Å². The Morgan fingerprint density at radius 1 is 0.706 bits per heavy atom. The van der Waals surface area contributed by atoms with Gasteiger partial charge in [-0.15, -0.1) is 0 Å². The highest BCUT2D eigenvalue weighted by molar-refractivity contribution is 4.62. The zero-order valence-corrected chi connectivity index (χ0v) is 12.5. The lowest BCUT2D eigenvalue weighted by Crippen LogP contribution is -2.52. The summed E-state index contributed by atoms with van der Waals surface area (Å²) in [5, 5.41) is 3.25. The van der Waals surface area contributed by atoms with Crippen LogP contribution in [0.4, 0.5) is 0 Å². The van der Waals surface area contributed by atoms with Gasteiger partial charge in [0.1, 0.15) is 0 Å². The first-order chi connectivity index (χ1) is 7.49. The van der Waals surface area contributed by atoms with Crippen molar-refractivity contribution >= 4 is 0 Å². The van der Waals surface area contributed by atoms with Crippen LogP contribution in [-0.4, -0.2) is 23.5 Å². The lowest BCUT2D eigenvalue weighted by molar-refractivity contribution is -0.109. The van der Waals surface area contributed by atoms with Crippen molar-refractivity contribution in [1.82, 2.24) is 16.3 Å². The predicted octanol–water partition coefficient (Wildman–Crippen LogP) is 1.91. The molecule has 104 valence electrons. The van der Waals surface area contributed by atoms with Gasteiger partial charge in [-0.25, -0.2) is 0 Å². The predicted molar refractivity (Wildman–Crippen MR) is 70.0 cm³/mol. The summed E-state index contributed by atoms with van der Waals surface area (Å²) in [5.41, 5.74) is 5.49. The molecule has 2 unspecified atom stereocenters. The molecular formula is C12H29N3O2. The smallest absolute Gasteiger partial charge is 0.0813 e.